The van der Waals surface area contributed by atoms with Crippen LogP contribution >= 0.6 is 0 Å². The van der Waals surface area contributed by atoms with Crippen LogP contribution in [0.1, 0.15) is 5.56 Å². The Balaban J connectivity index is 1.59. The molecule has 0 aliphatic carbocycles. The summed E-state index contributed by atoms with van der Waals surface area (Å²) in [5, 5.41) is 2.89. The minimum absolute atomic E-state index is 0.0812. The highest BCUT2D eigenvalue weighted by atomic mass is 19.3. The van der Waals surface area contributed by atoms with Gasteiger partial charge in [0.2, 0.25) is 5.91 Å². The summed E-state index contributed by atoms with van der Waals surface area (Å²) in [5.41, 5.74) is 2.80. The molecule has 2 aromatic carbocycles. The van der Waals surface area contributed by atoms with Gasteiger partial charge in [0.1, 0.15) is 17.2 Å². The number of anilines is 1. The summed E-state index contributed by atoms with van der Waals surface area (Å²) in [4.78, 5) is 17.3. The molecule has 2 aromatic heterocycles. The second-order valence-electron chi connectivity index (χ2n) is 6.72. The van der Waals surface area contributed by atoms with E-state index < -0.39 is 6.61 Å². The molecule has 0 saturated carbocycles. The number of alkyl halides is 2. The van der Waals surface area contributed by atoms with Gasteiger partial charge in [0, 0.05) is 17.8 Å². The molecule has 0 fully saturated rings. The Morgan fingerprint density at radius 1 is 1.06 bits per heavy atom. The lowest BCUT2D eigenvalue weighted by molar-refractivity contribution is -0.111. The van der Waals surface area contributed by atoms with Crippen molar-refractivity contribution in [3.63, 3.8) is 0 Å². The number of amides is 1. The lowest BCUT2D eigenvalue weighted by Gasteiger charge is -2.10. The van der Waals surface area contributed by atoms with Crippen LogP contribution in [0.15, 0.2) is 79.0 Å². The number of nitrogens with one attached hydrogen (secondary N) is 1. The van der Waals surface area contributed by atoms with Crippen LogP contribution in [0.3, 0.4) is 0 Å². The number of ether oxygens (including phenoxy) is 2. The molecule has 162 valence electrons. The van der Waals surface area contributed by atoms with Crippen LogP contribution in [-0.4, -0.2) is 29.0 Å². The molecule has 2 heterocycles. The maximum Gasteiger partial charge on any atom is 0.387 e. The normalized spacial score (nSPS) is 11.2. The van der Waals surface area contributed by atoms with Crippen molar-refractivity contribution in [3.05, 3.63) is 84.6 Å². The van der Waals surface area contributed by atoms with Gasteiger partial charge in [0.15, 0.2) is 11.5 Å². The third-order valence-electron chi connectivity index (χ3n) is 4.65. The van der Waals surface area contributed by atoms with E-state index in [1.54, 1.807) is 16.5 Å². The summed E-state index contributed by atoms with van der Waals surface area (Å²) in [6.07, 6.45) is 4.72. The molecule has 0 aliphatic heterocycles. The summed E-state index contributed by atoms with van der Waals surface area (Å²) in [5.74, 6) is 0.225. The lowest BCUT2D eigenvalue weighted by atomic mass is 10.1. The summed E-state index contributed by atoms with van der Waals surface area (Å²) in [7, 11) is 1.35. The van der Waals surface area contributed by atoms with Crippen molar-refractivity contribution >= 4 is 23.4 Å². The largest absolute Gasteiger partial charge is 0.493 e. The number of rotatable bonds is 7. The van der Waals surface area contributed by atoms with Crippen LogP contribution in [0.5, 0.6) is 11.5 Å². The lowest BCUT2D eigenvalue weighted by Crippen LogP contribution is -2.10. The number of benzene rings is 2. The molecular weight excluding hydrogens is 416 g/mol. The molecule has 0 radical (unpaired) electrons. The van der Waals surface area contributed by atoms with Crippen LogP contribution in [-0.2, 0) is 4.79 Å². The number of fused-ring (bicyclic) bond motifs is 1. The molecule has 0 spiro atoms. The quantitative estimate of drug-likeness (QED) is 0.402. The van der Waals surface area contributed by atoms with E-state index in [1.807, 2.05) is 54.7 Å². The standard InChI is InChI=1S/C24H19F2N3O3/c1-31-19-15-16(10-12-18(19)32-24(25)26)11-13-21(30)28-23-22(17-7-3-2-4-8-17)27-20-9-5-6-14-29(20)23/h2-15,24H,1H3,(H,28,30)/b13-11+. The molecule has 0 bridgehead atoms. The van der Waals surface area contributed by atoms with E-state index in [1.165, 1.54) is 25.3 Å². The first-order chi connectivity index (χ1) is 15.5. The molecule has 1 amide bonds. The number of carbonyl (C=O) groups is 1. The zero-order chi connectivity index (χ0) is 22.5. The predicted octanol–water partition coefficient (Wildman–Crippen LogP) is 5.26. The number of nitrogens with zero attached hydrogens (tertiary/aromatic N) is 2. The Kier molecular flexibility index (Phi) is 6.12. The number of pyridine rings is 1. The maximum absolute atomic E-state index is 12.7. The molecule has 0 unspecified atom stereocenters. The SMILES string of the molecule is COc1cc(/C=C/C(=O)Nc2c(-c3ccccc3)nc3ccccn23)ccc1OC(F)F. The first kappa shape index (κ1) is 21.0. The minimum Gasteiger partial charge on any atom is -0.493 e. The number of halogens is 2. The number of hydrogen-bond acceptors (Lipinski definition) is 4. The van der Waals surface area contributed by atoms with Crippen molar-refractivity contribution in [1.82, 2.24) is 9.38 Å². The van der Waals surface area contributed by atoms with Gasteiger partial charge in [-0.25, -0.2) is 4.98 Å². The van der Waals surface area contributed by atoms with Gasteiger partial charge >= 0.3 is 6.61 Å². The first-order valence-electron chi connectivity index (χ1n) is 9.69. The van der Waals surface area contributed by atoms with E-state index in [0.29, 0.717) is 22.7 Å². The van der Waals surface area contributed by atoms with Crippen molar-refractivity contribution < 1.29 is 23.0 Å². The number of aromatic nitrogens is 2. The van der Waals surface area contributed by atoms with E-state index in [4.69, 9.17) is 4.74 Å². The van der Waals surface area contributed by atoms with Gasteiger partial charge in [-0.1, -0.05) is 42.5 Å². The molecule has 1 N–H and O–H groups in total. The van der Waals surface area contributed by atoms with E-state index in [-0.39, 0.29) is 17.4 Å². The van der Waals surface area contributed by atoms with Crippen LogP contribution < -0.4 is 14.8 Å². The molecule has 8 heteroatoms. The number of hydrogen-bond donors (Lipinski definition) is 1. The molecule has 0 aliphatic rings. The van der Waals surface area contributed by atoms with Crippen molar-refractivity contribution in [3.8, 4) is 22.8 Å². The highest BCUT2D eigenvalue weighted by Gasteiger charge is 2.15. The molecule has 0 saturated heterocycles. The number of imidazole rings is 1. The molecule has 0 atom stereocenters. The van der Waals surface area contributed by atoms with Gasteiger partial charge in [-0.3, -0.25) is 9.20 Å². The monoisotopic (exact) mass is 435 g/mol. The average molecular weight is 435 g/mol. The van der Waals surface area contributed by atoms with E-state index in [2.05, 4.69) is 15.0 Å². The Labute approximate surface area is 182 Å². The Morgan fingerprint density at radius 3 is 2.59 bits per heavy atom. The van der Waals surface area contributed by atoms with Crippen LogP contribution in [0.25, 0.3) is 23.0 Å². The minimum atomic E-state index is -2.96. The van der Waals surface area contributed by atoms with Gasteiger partial charge in [-0.2, -0.15) is 8.78 Å². The zero-order valence-corrected chi connectivity index (χ0v) is 17.0. The summed E-state index contributed by atoms with van der Waals surface area (Å²) < 4.78 is 36.3. The van der Waals surface area contributed by atoms with Crippen LogP contribution in [0, 0.1) is 0 Å². The number of methoxy groups -OCH3 is 1. The topological polar surface area (TPSA) is 64.9 Å². The fraction of sp³-hybridized carbons (Fsp3) is 0.0833. The average Bonchev–Trinajstić information content (AvgIpc) is 3.17. The Bertz CT molecular complexity index is 1270. The van der Waals surface area contributed by atoms with Crippen molar-refractivity contribution in [1.29, 1.82) is 0 Å². The third kappa shape index (κ3) is 4.59. The van der Waals surface area contributed by atoms with E-state index in [9.17, 15) is 13.6 Å². The van der Waals surface area contributed by atoms with E-state index >= 15 is 0 Å². The Morgan fingerprint density at radius 2 is 1.84 bits per heavy atom. The molecular formula is C24H19F2N3O3. The number of carbonyl (C=O) groups excluding carboxylic acids is 1. The Hall–Kier alpha value is -4.20. The van der Waals surface area contributed by atoms with Crippen LogP contribution in [0.2, 0.25) is 0 Å². The van der Waals surface area contributed by atoms with Gasteiger partial charge in [0.05, 0.1) is 7.11 Å². The van der Waals surface area contributed by atoms with Gasteiger partial charge in [-0.15, -0.1) is 0 Å². The van der Waals surface area contributed by atoms with Gasteiger partial charge in [0.25, 0.3) is 0 Å². The van der Waals surface area contributed by atoms with Gasteiger partial charge < -0.3 is 14.8 Å². The van der Waals surface area contributed by atoms with Gasteiger partial charge in [-0.05, 0) is 35.9 Å². The van der Waals surface area contributed by atoms with E-state index in [0.717, 1.165) is 5.56 Å². The fourth-order valence-electron chi connectivity index (χ4n) is 3.22. The first-order valence-corrected chi connectivity index (χ1v) is 9.69. The maximum atomic E-state index is 12.7. The highest BCUT2D eigenvalue weighted by Crippen LogP contribution is 2.30. The smallest absolute Gasteiger partial charge is 0.387 e. The second kappa shape index (κ2) is 9.30. The van der Waals surface area contributed by atoms with Crippen molar-refractivity contribution in [2.45, 2.75) is 6.61 Å². The summed E-state index contributed by atoms with van der Waals surface area (Å²) >= 11 is 0. The summed E-state index contributed by atoms with van der Waals surface area (Å²) in [6, 6.07) is 19.5. The second-order valence-corrected chi connectivity index (χ2v) is 6.72. The molecule has 6 nitrogen and oxygen atoms in total. The van der Waals surface area contributed by atoms with Crippen LogP contribution in [0.4, 0.5) is 14.6 Å². The molecule has 32 heavy (non-hydrogen) atoms. The zero-order valence-electron chi connectivity index (χ0n) is 17.0. The highest BCUT2D eigenvalue weighted by molar-refractivity contribution is 6.03. The molecule has 4 rings (SSSR count). The van der Waals surface area contributed by atoms with Crippen molar-refractivity contribution in [2.75, 3.05) is 12.4 Å². The predicted molar refractivity (Wildman–Crippen MR) is 118 cm³/mol. The third-order valence-corrected chi connectivity index (χ3v) is 4.65. The fourth-order valence-corrected chi connectivity index (χ4v) is 3.22. The summed E-state index contributed by atoms with van der Waals surface area (Å²) in [6.45, 7) is -2.96. The molecule has 4 aromatic rings. The van der Waals surface area contributed by atoms with Crippen molar-refractivity contribution in [2.24, 2.45) is 0 Å².